The highest BCUT2D eigenvalue weighted by Crippen LogP contribution is 2.55. The summed E-state index contributed by atoms with van der Waals surface area (Å²) < 4.78 is 0. The molecule has 1 unspecified atom stereocenters. The highest BCUT2D eigenvalue weighted by atomic mass is 32.1. The van der Waals surface area contributed by atoms with Crippen molar-refractivity contribution in [1.29, 1.82) is 0 Å². The number of hydrogen-bond donors (Lipinski definition) is 1. The van der Waals surface area contributed by atoms with Gasteiger partial charge in [-0.05, 0) is 48.6 Å². The smallest absolute Gasteiger partial charge is 0.274 e. The number of aryl methyl sites for hydroxylation is 1. The number of hydrogen-bond acceptors (Lipinski definition) is 5. The van der Waals surface area contributed by atoms with E-state index in [4.69, 9.17) is 0 Å². The van der Waals surface area contributed by atoms with E-state index in [2.05, 4.69) is 44.5 Å². The second-order valence-electron chi connectivity index (χ2n) is 9.33. The summed E-state index contributed by atoms with van der Waals surface area (Å²) in [7, 11) is 0. The number of nitrogens with zero attached hydrogens (tertiary/aromatic N) is 3. The highest BCUT2D eigenvalue weighted by Gasteiger charge is 2.53. The zero-order valence-corrected chi connectivity index (χ0v) is 19.4. The maximum absolute atomic E-state index is 13.8. The van der Waals surface area contributed by atoms with E-state index in [0.29, 0.717) is 17.7 Å². The van der Waals surface area contributed by atoms with E-state index in [-0.39, 0.29) is 11.9 Å². The third-order valence-corrected chi connectivity index (χ3v) is 8.00. The van der Waals surface area contributed by atoms with Gasteiger partial charge in [0.05, 0.1) is 9.88 Å². The van der Waals surface area contributed by atoms with E-state index in [1.54, 1.807) is 11.3 Å². The first-order valence-electron chi connectivity index (χ1n) is 11.5. The number of nitrogens with one attached hydrogen (secondary N) is 1. The molecule has 0 bridgehead atoms. The largest absolute Gasteiger partial charge is 0.367 e. The first-order chi connectivity index (χ1) is 16.1. The summed E-state index contributed by atoms with van der Waals surface area (Å²) >= 11 is 1.60. The van der Waals surface area contributed by atoms with Crippen LogP contribution in [0.1, 0.15) is 34.8 Å². The summed E-state index contributed by atoms with van der Waals surface area (Å²) in [5, 5.41) is 6.76. The predicted octanol–water partition coefficient (Wildman–Crippen LogP) is 5.77. The Balaban J connectivity index is 1.28. The summed E-state index contributed by atoms with van der Waals surface area (Å²) in [6, 6.07) is 20.6. The van der Waals surface area contributed by atoms with Gasteiger partial charge in [0, 0.05) is 30.7 Å². The molecule has 2 fully saturated rings. The van der Waals surface area contributed by atoms with Crippen LogP contribution in [0, 0.1) is 12.3 Å². The van der Waals surface area contributed by atoms with Crippen LogP contribution in [-0.2, 0) is 0 Å². The maximum atomic E-state index is 13.8. The van der Waals surface area contributed by atoms with Gasteiger partial charge in [-0.2, -0.15) is 0 Å². The van der Waals surface area contributed by atoms with Crippen LogP contribution >= 0.6 is 11.3 Å². The first kappa shape index (κ1) is 20.4. The van der Waals surface area contributed by atoms with Crippen molar-refractivity contribution >= 4 is 33.8 Å². The van der Waals surface area contributed by atoms with Crippen molar-refractivity contribution in [2.24, 2.45) is 5.41 Å². The number of fused-ring (bicyclic) bond motifs is 1. The number of carbonyl (C=O) groups excluding carboxylic acids is 1. The molecule has 3 heterocycles. The van der Waals surface area contributed by atoms with E-state index in [1.807, 2.05) is 49.5 Å². The molecule has 1 amide bonds. The molecule has 0 radical (unpaired) electrons. The van der Waals surface area contributed by atoms with Gasteiger partial charge < -0.3 is 10.2 Å². The molecule has 1 spiro atoms. The molecule has 1 saturated heterocycles. The van der Waals surface area contributed by atoms with Gasteiger partial charge in [-0.25, -0.2) is 9.97 Å². The van der Waals surface area contributed by atoms with Crippen LogP contribution < -0.4 is 5.32 Å². The third-order valence-electron chi connectivity index (χ3n) is 6.98. The molecular formula is C27H26N4OS. The second-order valence-corrected chi connectivity index (χ2v) is 10.5. The van der Waals surface area contributed by atoms with E-state index < -0.39 is 0 Å². The third kappa shape index (κ3) is 3.78. The fraction of sp³-hybridized carbons (Fsp3) is 0.296. The fourth-order valence-corrected chi connectivity index (χ4v) is 6.01. The van der Waals surface area contributed by atoms with Crippen molar-refractivity contribution in [3.8, 4) is 10.4 Å². The minimum Gasteiger partial charge on any atom is -0.367 e. The summed E-state index contributed by atoms with van der Waals surface area (Å²) in [5.74, 6) is 0.936. The second kappa shape index (κ2) is 7.96. The monoisotopic (exact) mass is 454 g/mol. The standard InChI is InChI=1S/C27H26N4OS/c1-18-30-23(24(33-18)20-8-3-2-4-9-20)26(32)31-17-27(12-13-27)15-21(31)16-29-25-22-10-6-5-7-19(22)11-14-28-25/h2-11,14,21H,12-13,15-17H2,1H3,(H,28,29). The Bertz CT molecular complexity index is 1320. The molecule has 4 aromatic rings. The van der Waals surface area contributed by atoms with Crippen LogP contribution in [0.15, 0.2) is 66.9 Å². The molecular weight excluding hydrogens is 428 g/mol. The van der Waals surface area contributed by atoms with Crippen LogP contribution in [0.4, 0.5) is 5.82 Å². The molecule has 33 heavy (non-hydrogen) atoms. The molecule has 166 valence electrons. The van der Waals surface area contributed by atoms with Crippen molar-refractivity contribution in [2.45, 2.75) is 32.2 Å². The lowest BCUT2D eigenvalue weighted by molar-refractivity contribution is 0.0733. The number of anilines is 1. The molecule has 6 heteroatoms. The Labute approximate surface area is 197 Å². The predicted molar refractivity (Wildman–Crippen MR) is 134 cm³/mol. The molecule has 2 aliphatic rings. The SMILES string of the molecule is Cc1nc(C(=O)N2CC3(CC3)CC2CNc2nccc3ccccc23)c(-c2ccccc2)s1. The van der Waals surface area contributed by atoms with E-state index >= 15 is 0 Å². The molecule has 1 aliphatic carbocycles. The minimum atomic E-state index is 0.0552. The van der Waals surface area contributed by atoms with E-state index in [9.17, 15) is 4.79 Å². The Hall–Kier alpha value is -3.25. The van der Waals surface area contributed by atoms with Gasteiger partial charge in [-0.15, -0.1) is 11.3 Å². The molecule has 6 rings (SSSR count). The fourth-order valence-electron chi connectivity index (χ4n) is 5.09. The number of rotatable bonds is 5. The summed E-state index contributed by atoms with van der Waals surface area (Å²) in [6.45, 7) is 3.50. The summed E-state index contributed by atoms with van der Waals surface area (Å²) in [6.07, 6.45) is 5.30. The van der Waals surface area contributed by atoms with Crippen LogP contribution in [0.5, 0.6) is 0 Å². The molecule has 1 aliphatic heterocycles. The van der Waals surface area contributed by atoms with Crippen molar-refractivity contribution in [2.75, 3.05) is 18.4 Å². The van der Waals surface area contributed by atoms with Gasteiger partial charge in [0.25, 0.3) is 5.91 Å². The molecule has 1 N–H and O–H groups in total. The zero-order valence-electron chi connectivity index (χ0n) is 18.6. The van der Waals surface area contributed by atoms with Gasteiger partial charge in [0.2, 0.25) is 0 Å². The van der Waals surface area contributed by atoms with Gasteiger partial charge >= 0.3 is 0 Å². The lowest BCUT2D eigenvalue weighted by Gasteiger charge is -2.25. The Kier molecular flexibility index (Phi) is 4.91. The van der Waals surface area contributed by atoms with Gasteiger partial charge in [0.1, 0.15) is 11.5 Å². The molecule has 1 atom stereocenters. The summed E-state index contributed by atoms with van der Waals surface area (Å²) in [4.78, 5) is 26.1. The first-order valence-corrected chi connectivity index (χ1v) is 12.4. The van der Waals surface area contributed by atoms with Crippen LogP contribution in [0.2, 0.25) is 0 Å². The van der Waals surface area contributed by atoms with Gasteiger partial charge in [-0.3, -0.25) is 4.79 Å². The average molecular weight is 455 g/mol. The molecule has 2 aromatic heterocycles. The highest BCUT2D eigenvalue weighted by molar-refractivity contribution is 7.15. The van der Waals surface area contributed by atoms with Crippen LogP contribution in [0.3, 0.4) is 0 Å². The minimum absolute atomic E-state index is 0.0552. The zero-order chi connectivity index (χ0) is 22.4. The van der Waals surface area contributed by atoms with Crippen molar-refractivity contribution < 1.29 is 4.79 Å². The molecule has 5 nitrogen and oxygen atoms in total. The number of aromatic nitrogens is 2. The number of thiazole rings is 1. The Morgan fingerprint density at radius 1 is 1.12 bits per heavy atom. The van der Waals surface area contributed by atoms with Crippen LogP contribution in [-0.4, -0.2) is 39.9 Å². The van der Waals surface area contributed by atoms with Crippen molar-refractivity contribution in [3.63, 3.8) is 0 Å². The maximum Gasteiger partial charge on any atom is 0.274 e. The number of benzene rings is 2. The van der Waals surface area contributed by atoms with Crippen LogP contribution in [0.25, 0.3) is 21.2 Å². The van der Waals surface area contributed by atoms with Gasteiger partial charge in [-0.1, -0.05) is 54.6 Å². The summed E-state index contributed by atoms with van der Waals surface area (Å²) in [5.41, 5.74) is 1.95. The number of likely N-dealkylation sites (tertiary alicyclic amines) is 1. The van der Waals surface area contributed by atoms with Crippen molar-refractivity contribution in [1.82, 2.24) is 14.9 Å². The normalized spacial score (nSPS) is 18.7. The number of carbonyl (C=O) groups is 1. The Morgan fingerprint density at radius 2 is 1.91 bits per heavy atom. The topological polar surface area (TPSA) is 58.1 Å². The van der Waals surface area contributed by atoms with E-state index in [0.717, 1.165) is 39.6 Å². The Morgan fingerprint density at radius 3 is 2.73 bits per heavy atom. The number of amides is 1. The van der Waals surface area contributed by atoms with Crippen molar-refractivity contribution in [3.05, 3.63) is 77.6 Å². The van der Waals surface area contributed by atoms with E-state index in [1.165, 1.54) is 18.2 Å². The quantitative estimate of drug-likeness (QED) is 0.416. The lowest BCUT2D eigenvalue weighted by atomic mass is 10.0. The van der Waals surface area contributed by atoms with Gasteiger partial charge in [0.15, 0.2) is 0 Å². The lowest BCUT2D eigenvalue weighted by Crippen LogP contribution is -2.40. The number of pyridine rings is 1. The molecule has 1 saturated carbocycles. The average Bonchev–Trinajstić information content (AvgIpc) is 3.33. The molecule has 2 aromatic carbocycles.